The number of halogens is 1. The molecule has 0 bridgehead atoms. The minimum Gasteiger partial charge on any atom is -0.381 e. The predicted octanol–water partition coefficient (Wildman–Crippen LogP) is 3.06. The standard InChI is InChI=1S/C17H25FN2O2/c1-11-8-14(9-12(2)16(11)18)10-19-17(21)20-13(3)15-4-6-22-7-5-15/h8-9,13,15H,4-7,10H2,1-3H3,(H2,19,20,21)/t13-/m0/s1. The second kappa shape index (κ2) is 7.58. The Bertz CT molecular complexity index is 504. The minimum atomic E-state index is -0.182. The maximum absolute atomic E-state index is 13.6. The zero-order chi connectivity index (χ0) is 16.1. The molecule has 1 fully saturated rings. The highest BCUT2D eigenvalue weighted by Gasteiger charge is 2.21. The van der Waals surface area contributed by atoms with Crippen molar-refractivity contribution in [2.75, 3.05) is 13.2 Å². The minimum absolute atomic E-state index is 0.126. The second-order valence-corrected chi connectivity index (χ2v) is 6.11. The molecule has 22 heavy (non-hydrogen) atoms. The number of nitrogens with one attached hydrogen (secondary N) is 2. The lowest BCUT2D eigenvalue weighted by Crippen LogP contribution is -2.45. The topological polar surface area (TPSA) is 50.4 Å². The summed E-state index contributed by atoms with van der Waals surface area (Å²) in [6, 6.07) is 3.48. The van der Waals surface area contributed by atoms with Crippen molar-refractivity contribution in [1.29, 1.82) is 0 Å². The van der Waals surface area contributed by atoms with Crippen molar-refractivity contribution < 1.29 is 13.9 Å². The van der Waals surface area contributed by atoms with Gasteiger partial charge in [-0.05, 0) is 56.2 Å². The van der Waals surface area contributed by atoms with Gasteiger partial charge in [-0.15, -0.1) is 0 Å². The molecule has 1 aromatic carbocycles. The molecular formula is C17H25FN2O2. The fourth-order valence-electron chi connectivity index (χ4n) is 2.91. The van der Waals surface area contributed by atoms with Crippen LogP contribution in [0.1, 0.15) is 36.5 Å². The molecular weight excluding hydrogens is 283 g/mol. The molecule has 0 aromatic heterocycles. The van der Waals surface area contributed by atoms with Gasteiger partial charge in [0.2, 0.25) is 0 Å². The molecule has 0 unspecified atom stereocenters. The Balaban J connectivity index is 1.82. The number of carbonyl (C=O) groups excluding carboxylic acids is 1. The van der Waals surface area contributed by atoms with Crippen molar-refractivity contribution in [1.82, 2.24) is 10.6 Å². The van der Waals surface area contributed by atoms with Crippen molar-refractivity contribution in [3.05, 3.63) is 34.6 Å². The summed E-state index contributed by atoms with van der Waals surface area (Å²) in [7, 11) is 0. The summed E-state index contributed by atoms with van der Waals surface area (Å²) in [4.78, 5) is 12.0. The van der Waals surface area contributed by atoms with E-state index in [0.29, 0.717) is 23.6 Å². The van der Waals surface area contributed by atoms with Crippen molar-refractivity contribution in [2.24, 2.45) is 5.92 Å². The van der Waals surface area contributed by atoms with Crippen molar-refractivity contribution in [3.63, 3.8) is 0 Å². The molecule has 1 saturated heterocycles. The highest BCUT2D eigenvalue weighted by molar-refractivity contribution is 5.74. The van der Waals surface area contributed by atoms with Gasteiger partial charge in [0.25, 0.3) is 0 Å². The Hall–Kier alpha value is -1.62. The Kier molecular flexibility index (Phi) is 5.77. The van der Waals surface area contributed by atoms with Crippen molar-refractivity contribution in [3.8, 4) is 0 Å². The smallest absolute Gasteiger partial charge is 0.315 e. The maximum atomic E-state index is 13.6. The maximum Gasteiger partial charge on any atom is 0.315 e. The van der Waals surface area contributed by atoms with Crippen LogP contribution in [-0.4, -0.2) is 25.3 Å². The number of amides is 2. The summed E-state index contributed by atoms with van der Waals surface area (Å²) in [6.45, 7) is 7.44. The van der Waals surface area contributed by atoms with E-state index in [9.17, 15) is 9.18 Å². The van der Waals surface area contributed by atoms with Crippen LogP contribution in [-0.2, 0) is 11.3 Å². The van der Waals surface area contributed by atoms with E-state index in [1.54, 1.807) is 26.0 Å². The molecule has 0 spiro atoms. The number of benzene rings is 1. The number of ether oxygens (including phenoxy) is 1. The van der Waals surface area contributed by atoms with Crippen LogP contribution in [0, 0.1) is 25.6 Å². The molecule has 4 nitrogen and oxygen atoms in total. The normalized spacial score (nSPS) is 17.1. The van der Waals surface area contributed by atoms with E-state index >= 15 is 0 Å². The van der Waals surface area contributed by atoms with Crippen LogP contribution in [0.4, 0.5) is 9.18 Å². The van der Waals surface area contributed by atoms with E-state index in [1.807, 2.05) is 6.92 Å². The van der Waals surface area contributed by atoms with Gasteiger partial charge >= 0.3 is 6.03 Å². The summed E-state index contributed by atoms with van der Waals surface area (Å²) in [5.41, 5.74) is 2.12. The van der Waals surface area contributed by atoms with Crippen LogP contribution in [0.15, 0.2) is 12.1 Å². The number of urea groups is 1. The van der Waals surface area contributed by atoms with Gasteiger partial charge in [0.1, 0.15) is 5.82 Å². The Labute approximate surface area is 131 Å². The third-order valence-electron chi connectivity index (χ3n) is 4.28. The fourth-order valence-corrected chi connectivity index (χ4v) is 2.91. The summed E-state index contributed by atoms with van der Waals surface area (Å²) in [6.07, 6.45) is 1.97. The average molecular weight is 308 g/mol. The van der Waals surface area contributed by atoms with Crippen LogP contribution in [0.5, 0.6) is 0 Å². The van der Waals surface area contributed by atoms with Gasteiger partial charge in [-0.1, -0.05) is 12.1 Å². The SMILES string of the molecule is Cc1cc(CNC(=O)N[C@@H](C)C2CCOCC2)cc(C)c1F. The van der Waals surface area contributed by atoms with Crippen LogP contribution in [0.3, 0.4) is 0 Å². The molecule has 1 aliphatic rings. The Morgan fingerprint density at radius 3 is 2.50 bits per heavy atom. The quantitative estimate of drug-likeness (QED) is 0.898. The fraction of sp³-hybridized carbons (Fsp3) is 0.588. The number of carbonyl (C=O) groups is 1. The highest BCUT2D eigenvalue weighted by atomic mass is 19.1. The Morgan fingerprint density at radius 1 is 1.32 bits per heavy atom. The van der Waals surface area contributed by atoms with Gasteiger partial charge in [-0.3, -0.25) is 0 Å². The first kappa shape index (κ1) is 16.7. The number of hydrogen-bond acceptors (Lipinski definition) is 2. The molecule has 1 aliphatic heterocycles. The monoisotopic (exact) mass is 308 g/mol. The third-order valence-corrected chi connectivity index (χ3v) is 4.28. The second-order valence-electron chi connectivity index (χ2n) is 6.11. The molecule has 2 rings (SSSR count). The largest absolute Gasteiger partial charge is 0.381 e. The average Bonchev–Trinajstić information content (AvgIpc) is 2.51. The lowest BCUT2D eigenvalue weighted by Gasteiger charge is -2.28. The number of hydrogen-bond donors (Lipinski definition) is 2. The molecule has 0 saturated carbocycles. The first-order valence-electron chi connectivity index (χ1n) is 7.85. The van der Waals surface area contributed by atoms with Crippen molar-refractivity contribution >= 4 is 6.03 Å². The molecule has 122 valence electrons. The molecule has 2 N–H and O–H groups in total. The third kappa shape index (κ3) is 4.44. The van der Waals surface area contributed by atoms with Crippen molar-refractivity contribution in [2.45, 2.75) is 46.2 Å². The van der Waals surface area contributed by atoms with E-state index in [0.717, 1.165) is 31.6 Å². The molecule has 0 aliphatic carbocycles. The van der Waals surface area contributed by atoms with E-state index < -0.39 is 0 Å². The predicted molar refractivity (Wildman–Crippen MR) is 84.3 cm³/mol. The van der Waals surface area contributed by atoms with Gasteiger partial charge in [0, 0.05) is 25.8 Å². The van der Waals surface area contributed by atoms with Crippen LogP contribution in [0.2, 0.25) is 0 Å². The Morgan fingerprint density at radius 2 is 1.91 bits per heavy atom. The zero-order valence-corrected chi connectivity index (χ0v) is 13.5. The molecule has 5 heteroatoms. The van der Waals surface area contributed by atoms with Gasteiger partial charge in [-0.25, -0.2) is 9.18 Å². The van der Waals surface area contributed by atoms with E-state index in [-0.39, 0.29) is 17.9 Å². The molecule has 0 radical (unpaired) electrons. The highest BCUT2D eigenvalue weighted by Crippen LogP contribution is 2.18. The van der Waals surface area contributed by atoms with Crippen LogP contribution >= 0.6 is 0 Å². The summed E-state index contributed by atoms with van der Waals surface area (Å²) in [5.74, 6) is 0.288. The van der Waals surface area contributed by atoms with E-state index in [4.69, 9.17) is 4.74 Å². The zero-order valence-electron chi connectivity index (χ0n) is 13.5. The lowest BCUT2D eigenvalue weighted by atomic mass is 9.93. The number of aryl methyl sites for hydroxylation is 2. The van der Waals surface area contributed by atoms with Gasteiger partial charge in [0.05, 0.1) is 0 Å². The van der Waals surface area contributed by atoms with Crippen LogP contribution in [0.25, 0.3) is 0 Å². The summed E-state index contributed by atoms with van der Waals surface area (Å²) in [5, 5.41) is 5.82. The molecule has 1 atom stereocenters. The van der Waals surface area contributed by atoms with Gasteiger partial charge < -0.3 is 15.4 Å². The van der Waals surface area contributed by atoms with Crippen LogP contribution < -0.4 is 10.6 Å². The van der Waals surface area contributed by atoms with E-state index in [2.05, 4.69) is 10.6 Å². The lowest BCUT2D eigenvalue weighted by molar-refractivity contribution is 0.0571. The summed E-state index contributed by atoms with van der Waals surface area (Å²) < 4.78 is 18.9. The first-order valence-corrected chi connectivity index (χ1v) is 7.85. The first-order chi connectivity index (χ1) is 10.5. The number of rotatable bonds is 4. The van der Waals surface area contributed by atoms with Gasteiger partial charge in [0.15, 0.2) is 0 Å². The van der Waals surface area contributed by atoms with E-state index in [1.165, 1.54) is 0 Å². The molecule has 1 heterocycles. The van der Waals surface area contributed by atoms with Gasteiger partial charge in [-0.2, -0.15) is 0 Å². The molecule has 1 aromatic rings. The molecule has 2 amide bonds. The summed E-state index contributed by atoms with van der Waals surface area (Å²) >= 11 is 0.